The van der Waals surface area contributed by atoms with E-state index in [0.29, 0.717) is 0 Å². The summed E-state index contributed by atoms with van der Waals surface area (Å²) >= 11 is 0. The van der Waals surface area contributed by atoms with Crippen LogP contribution >= 0.6 is 0 Å². The number of nitrogens with one attached hydrogen (secondary N) is 1. The fourth-order valence-electron chi connectivity index (χ4n) is 2.35. The Labute approximate surface area is 141 Å². The predicted octanol–water partition coefficient (Wildman–Crippen LogP) is 2.79. The maximum absolute atomic E-state index is 13.2. The lowest BCUT2D eigenvalue weighted by molar-refractivity contribution is -0.116. The van der Waals surface area contributed by atoms with E-state index in [1.165, 1.54) is 24.3 Å². The number of rotatable bonds is 6. The van der Waals surface area contributed by atoms with Crippen LogP contribution in [0.25, 0.3) is 0 Å². The van der Waals surface area contributed by atoms with Gasteiger partial charge in [-0.05, 0) is 30.7 Å². The normalized spacial score (nSPS) is 12.8. The van der Waals surface area contributed by atoms with Gasteiger partial charge in [0.1, 0.15) is 5.82 Å². The first-order valence-corrected chi connectivity index (χ1v) is 9.19. The number of nitrogens with zero attached hydrogens (tertiary/aromatic N) is 1. The molecule has 0 saturated heterocycles. The Hall–Kier alpha value is -2.25. The minimum absolute atomic E-state index is 0.279. The first kappa shape index (κ1) is 18.1. The highest BCUT2D eigenvalue weighted by Gasteiger charge is 2.26. The summed E-state index contributed by atoms with van der Waals surface area (Å²) in [5.41, 5.74) is 1.06. The second-order valence-corrected chi connectivity index (χ2v) is 7.39. The van der Waals surface area contributed by atoms with Gasteiger partial charge in [-0.15, -0.1) is 0 Å². The monoisotopic (exact) mass is 350 g/mol. The molecule has 0 radical (unpaired) electrons. The third-order valence-corrected chi connectivity index (χ3v) is 4.85. The van der Waals surface area contributed by atoms with E-state index in [-0.39, 0.29) is 12.2 Å². The minimum atomic E-state index is -3.61. The van der Waals surface area contributed by atoms with Gasteiger partial charge in [-0.3, -0.25) is 4.79 Å². The van der Waals surface area contributed by atoms with E-state index in [0.717, 1.165) is 16.1 Å². The summed E-state index contributed by atoms with van der Waals surface area (Å²) in [5.74, 6) is -1.01. The Morgan fingerprint density at radius 1 is 1.17 bits per heavy atom. The molecule has 128 valence electrons. The average Bonchev–Trinajstić information content (AvgIpc) is 2.52. The summed E-state index contributed by atoms with van der Waals surface area (Å²) in [6.07, 6.45) is 1.06. The van der Waals surface area contributed by atoms with Gasteiger partial charge in [0.2, 0.25) is 15.9 Å². The fourth-order valence-corrected chi connectivity index (χ4v) is 3.40. The molecule has 7 heteroatoms. The zero-order valence-electron chi connectivity index (χ0n) is 13.4. The number of sulfonamides is 1. The van der Waals surface area contributed by atoms with Gasteiger partial charge in [-0.1, -0.05) is 36.4 Å². The number of amides is 1. The molecule has 0 saturated carbocycles. The first-order valence-electron chi connectivity index (χ1n) is 7.34. The van der Waals surface area contributed by atoms with E-state index in [1.807, 2.05) is 6.07 Å². The lowest BCUT2D eigenvalue weighted by Crippen LogP contribution is -2.39. The van der Waals surface area contributed by atoms with Crippen molar-refractivity contribution in [1.82, 2.24) is 4.31 Å². The van der Waals surface area contributed by atoms with Crippen LogP contribution in [0.15, 0.2) is 54.6 Å². The molecule has 0 aromatic heterocycles. The molecule has 0 heterocycles. The van der Waals surface area contributed by atoms with Gasteiger partial charge < -0.3 is 5.32 Å². The van der Waals surface area contributed by atoms with Crippen LogP contribution in [0.1, 0.15) is 18.5 Å². The van der Waals surface area contributed by atoms with Crippen LogP contribution in [0, 0.1) is 5.82 Å². The standard InChI is InChI=1S/C17H19FN2O3S/c1-13(14-7-4-3-5-8-14)20(24(2,22)23)12-17(21)19-16-10-6-9-15(18)11-16/h3-11,13H,12H2,1-2H3,(H,19,21). The summed E-state index contributed by atoms with van der Waals surface area (Å²) in [6, 6.07) is 14.0. The van der Waals surface area contributed by atoms with Crippen molar-refractivity contribution in [2.45, 2.75) is 13.0 Å². The zero-order valence-corrected chi connectivity index (χ0v) is 14.3. The Balaban J connectivity index is 2.16. The Kier molecular flexibility index (Phi) is 5.69. The highest BCUT2D eigenvalue weighted by molar-refractivity contribution is 7.88. The number of benzene rings is 2. The number of hydrogen-bond donors (Lipinski definition) is 1. The molecule has 24 heavy (non-hydrogen) atoms. The Bertz CT molecular complexity index is 810. The number of carbonyl (C=O) groups excluding carboxylic acids is 1. The van der Waals surface area contributed by atoms with Crippen LogP contribution in [0.4, 0.5) is 10.1 Å². The van der Waals surface area contributed by atoms with Crippen molar-refractivity contribution in [2.75, 3.05) is 18.1 Å². The maximum Gasteiger partial charge on any atom is 0.239 e. The van der Waals surface area contributed by atoms with Crippen LogP contribution in [0.5, 0.6) is 0 Å². The van der Waals surface area contributed by atoms with Crippen LogP contribution < -0.4 is 5.32 Å². The Morgan fingerprint density at radius 3 is 2.42 bits per heavy atom. The molecule has 0 aliphatic heterocycles. The molecule has 2 aromatic carbocycles. The molecule has 0 fully saturated rings. The number of carbonyl (C=O) groups is 1. The van der Waals surface area contributed by atoms with E-state index < -0.39 is 27.8 Å². The largest absolute Gasteiger partial charge is 0.325 e. The number of hydrogen-bond acceptors (Lipinski definition) is 3. The van der Waals surface area contributed by atoms with Crippen molar-refractivity contribution in [3.63, 3.8) is 0 Å². The van der Waals surface area contributed by atoms with Crippen molar-refractivity contribution in [3.8, 4) is 0 Å². The second-order valence-electron chi connectivity index (χ2n) is 5.45. The molecule has 0 aliphatic carbocycles. The van der Waals surface area contributed by atoms with Crippen molar-refractivity contribution < 1.29 is 17.6 Å². The molecule has 1 amide bonds. The van der Waals surface area contributed by atoms with E-state index in [2.05, 4.69) is 5.32 Å². The van der Waals surface area contributed by atoms with Crippen molar-refractivity contribution in [1.29, 1.82) is 0 Å². The lowest BCUT2D eigenvalue weighted by Gasteiger charge is -2.26. The van der Waals surface area contributed by atoms with Gasteiger partial charge in [0, 0.05) is 11.7 Å². The number of halogens is 1. The lowest BCUT2D eigenvalue weighted by atomic mass is 10.1. The van der Waals surface area contributed by atoms with Gasteiger partial charge in [0.25, 0.3) is 0 Å². The highest BCUT2D eigenvalue weighted by Crippen LogP contribution is 2.22. The molecular formula is C17H19FN2O3S. The van der Waals surface area contributed by atoms with E-state index in [4.69, 9.17) is 0 Å². The third-order valence-electron chi connectivity index (χ3n) is 3.55. The maximum atomic E-state index is 13.2. The van der Waals surface area contributed by atoms with Gasteiger partial charge in [-0.25, -0.2) is 12.8 Å². The average molecular weight is 350 g/mol. The first-order chi connectivity index (χ1) is 11.3. The van der Waals surface area contributed by atoms with Crippen LogP contribution in [-0.4, -0.2) is 31.4 Å². The molecule has 0 spiro atoms. The quantitative estimate of drug-likeness (QED) is 0.871. The zero-order chi connectivity index (χ0) is 17.7. The van der Waals surface area contributed by atoms with Crippen LogP contribution in [0.2, 0.25) is 0 Å². The molecule has 0 aliphatic rings. The van der Waals surface area contributed by atoms with E-state index in [1.54, 1.807) is 31.2 Å². The predicted molar refractivity (Wildman–Crippen MR) is 91.4 cm³/mol. The van der Waals surface area contributed by atoms with Gasteiger partial charge in [0.05, 0.1) is 12.8 Å². The van der Waals surface area contributed by atoms with Crippen LogP contribution in [-0.2, 0) is 14.8 Å². The topological polar surface area (TPSA) is 66.5 Å². The molecule has 1 atom stereocenters. The van der Waals surface area contributed by atoms with E-state index >= 15 is 0 Å². The van der Waals surface area contributed by atoms with Gasteiger partial charge in [-0.2, -0.15) is 4.31 Å². The minimum Gasteiger partial charge on any atom is -0.325 e. The molecule has 2 rings (SSSR count). The van der Waals surface area contributed by atoms with Crippen LogP contribution in [0.3, 0.4) is 0 Å². The molecule has 5 nitrogen and oxygen atoms in total. The summed E-state index contributed by atoms with van der Waals surface area (Å²) in [6.45, 7) is 1.36. The summed E-state index contributed by atoms with van der Waals surface area (Å²) in [7, 11) is -3.61. The summed E-state index contributed by atoms with van der Waals surface area (Å²) in [5, 5.41) is 2.51. The van der Waals surface area contributed by atoms with Crippen molar-refractivity contribution in [2.24, 2.45) is 0 Å². The molecule has 1 unspecified atom stereocenters. The smallest absolute Gasteiger partial charge is 0.239 e. The molecular weight excluding hydrogens is 331 g/mol. The summed E-state index contributed by atoms with van der Waals surface area (Å²) in [4.78, 5) is 12.2. The highest BCUT2D eigenvalue weighted by atomic mass is 32.2. The third kappa shape index (κ3) is 4.87. The van der Waals surface area contributed by atoms with Gasteiger partial charge in [0.15, 0.2) is 0 Å². The summed E-state index contributed by atoms with van der Waals surface area (Å²) < 4.78 is 38.4. The molecule has 0 bridgehead atoms. The van der Waals surface area contributed by atoms with Crippen molar-refractivity contribution >= 4 is 21.6 Å². The SMILES string of the molecule is CC(c1ccccc1)N(CC(=O)Nc1cccc(F)c1)S(C)(=O)=O. The van der Waals surface area contributed by atoms with E-state index in [9.17, 15) is 17.6 Å². The Morgan fingerprint density at radius 2 is 1.83 bits per heavy atom. The second kappa shape index (κ2) is 7.55. The molecule has 2 aromatic rings. The molecule has 1 N–H and O–H groups in total. The van der Waals surface area contributed by atoms with Crippen molar-refractivity contribution in [3.05, 3.63) is 66.0 Å². The number of anilines is 1. The fraction of sp³-hybridized carbons (Fsp3) is 0.235. The van der Waals surface area contributed by atoms with Gasteiger partial charge >= 0.3 is 0 Å².